The van der Waals surface area contributed by atoms with E-state index in [9.17, 15) is 4.79 Å². The normalized spacial score (nSPS) is 18.0. The second kappa shape index (κ2) is 6.16. The van der Waals surface area contributed by atoms with Gasteiger partial charge in [-0.25, -0.2) is 15.0 Å². The molecule has 0 spiro atoms. The number of nitrogens with one attached hydrogen (secondary N) is 1. The maximum Gasteiger partial charge on any atom is 0.273 e. The highest BCUT2D eigenvalue weighted by Gasteiger charge is 2.27. The predicted octanol–water partition coefficient (Wildman–Crippen LogP) is 1.91. The molecule has 0 bridgehead atoms. The van der Waals surface area contributed by atoms with Crippen molar-refractivity contribution in [1.29, 1.82) is 0 Å². The molecule has 1 amide bonds. The molecule has 1 fully saturated rings. The van der Waals surface area contributed by atoms with Crippen LogP contribution in [0.15, 0.2) is 24.1 Å². The van der Waals surface area contributed by atoms with Crippen LogP contribution < -0.4 is 0 Å². The van der Waals surface area contributed by atoms with Crippen molar-refractivity contribution >= 4 is 17.2 Å². The van der Waals surface area contributed by atoms with Gasteiger partial charge in [0.1, 0.15) is 17.8 Å². The van der Waals surface area contributed by atoms with Gasteiger partial charge in [0.25, 0.3) is 5.91 Å². The standard InChI is InChI=1S/C15H17N7OS/c1-10-16-4-6-22(10)11-3-2-5-21(7-11)15(23)12-8-24-14(19-12)13-17-9-18-20-13/h4,6,8-9,11H,2-3,5,7H2,1H3,(H,17,18,20). The van der Waals surface area contributed by atoms with E-state index in [1.807, 2.05) is 18.0 Å². The van der Waals surface area contributed by atoms with Gasteiger partial charge in [0, 0.05) is 30.9 Å². The summed E-state index contributed by atoms with van der Waals surface area (Å²) >= 11 is 1.39. The molecule has 4 rings (SSSR count). The summed E-state index contributed by atoms with van der Waals surface area (Å²) in [5, 5.41) is 9.04. The van der Waals surface area contributed by atoms with Crippen LogP contribution >= 0.6 is 11.3 Å². The number of H-pyrrole nitrogens is 1. The van der Waals surface area contributed by atoms with Crippen LogP contribution in [0, 0.1) is 6.92 Å². The second-order valence-corrected chi connectivity index (χ2v) is 6.66. The average Bonchev–Trinajstić information content (AvgIpc) is 3.35. The topological polar surface area (TPSA) is 92.6 Å². The number of hydrogen-bond acceptors (Lipinski definition) is 6. The lowest BCUT2D eigenvalue weighted by molar-refractivity contribution is 0.0673. The van der Waals surface area contributed by atoms with Gasteiger partial charge in [0.05, 0.1) is 6.04 Å². The zero-order chi connectivity index (χ0) is 16.5. The number of nitrogens with zero attached hydrogens (tertiary/aromatic N) is 6. The molecule has 3 aromatic rings. The van der Waals surface area contributed by atoms with Crippen LogP contribution in [0.25, 0.3) is 10.8 Å². The minimum Gasteiger partial charge on any atom is -0.335 e. The molecule has 0 aliphatic carbocycles. The predicted molar refractivity (Wildman–Crippen MR) is 88.6 cm³/mol. The van der Waals surface area contributed by atoms with Crippen molar-refractivity contribution in [3.8, 4) is 10.8 Å². The van der Waals surface area contributed by atoms with Crippen LogP contribution in [0.2, 0.25) is 0 Å². The number of piperidine rings is 1. The number of rotatable bonds is 3. The number of carbonyl (C=O) groups excluding carboxylic acids is 1. The fraction of sp³-hybridized carbons (Fsp3) is 0.400. The third kappa shape index (κ3) is 2.71. The van der Waals surface area contributed by atoms with E-state index in [-0.39, 0.29) is 11.9 Å². The van der Waals surface area contributed by atoms with Crippen LogP contribution in [0.5, 0.6) is 0 Å². The van der Waals surface area contributed by atoms with Gasteiger partial charge in [-0.15, -0.1) is 11.3 Å². The summed E-state index contributed by atoms with van der Waals surface area (Å²) in [5.74, 6) is 1.54. The summed E-state index contributed by atoms with van der Waals surface area (Å²) in [6, 6.07) is 0.276. The van der Waals surface area contributed by atoms with Gasteiger partial charge in [-0.2, -0.15) is 5.10 Å². The van der Waals surface area contributed by atoms with E-state index in [1.165, 1.54) is 17.7 Å². The molecule has 4 heterocycles. The molecule has 9 heteroatoms. The van der Waals surface area contributed by atoms with Crippen LogP contribution in [-0.4, -0.2) is 53.6 Å². The summed E-state index contributed by atoms with van der Waals surface area (Å²) in [6.45, 7) is 3.44. The Balaban J connectivity index is 1.51. The van der Waals surface area contributed by atoms with E-state index in [1.54, 1.807) is 11.6 Å². The Labute approximate surface area is 142 Å². The molecule has 1 aliphatic heterocycles. The van der Waals surface area contributed by atoms with Crippen molar-refractivity contribution in [1.82, 2.24) is 34.6 Å². The third-order valence-corrected chi connectivity index (χ3v) is 5.13. The lowest BCUT2D eigenvalue weighted by Crippen LogP contribution is -2.41. The van der Waals surface area contributed by atoms with Gasteiger partial charge in [-0.1, -0.05) is 0 Å². The molecular weight excluding hydrogens is 326 g/mol. The quantitative estimate of drug-likeness (QED) is 0.784. The van der Waals surface area contributed by atoms with Gasteiger partial charge in [0.2, 0.25) is 0 Å². The van der Waals surface area contributed by atoms with E-state index < -0.39 is 0 Å². The van der Waals surface area contributed by atoms with Gasteiger partial charge in [-0.05, 0) is 19.8 Å². The van der Waals surface area contributed by atoms with E-state index in [0.29, 0.717) is 23.1 Å². The second-order valence-electron chi connectivity index (χ2n) is 5.80. The first kappa shape index (κ1) is 15.0. The van der Waals surface area contributed by atoms with E-state index >= 15 is 0 Å². The van der Waals surface area contributed by atoms with Crippen LogP contribution in [0.4, 0.5) is 0 Å². The molecule has 1 saturated heterocycles. The van der Waals surface area contributed by atoms with Gasteiger partial charge in [0.15, 0.2) is 10.8 Å². The molecule has 1 atom stereocenters. The Morgan fingerprint density at radius 2 is 2.33 bits per heavy atom. The Kier molecular flexibility index (Phi) is 3.85. The lowest BCUT2D eigenvalue weighted by atomic mass is 10.1. The van der Waals surface area contributed by atoms with Gasteiger partial charge >= 0.3 is 0 Å². The number of amides is 1. The Morgan fingerprint density at radius 1 is 1.42 bits per heavy atom. The summed E-state index contributed by atoms with van der Waals surface area (Å²) < 4.78 is 2.15. The van der Waals surface area contributed by atoms with Crippen LogP contribution in [0.3, 0.4) is 0 Å². The van der Waals surface area contributed by atoms with Crippen molar-refractivity contribution < 1.29 is 4.79 Å². The zero-order valence-corrected chi connectivity index (χ0v) is 14.0. The molecule has 0 aromatic carbocycles. The average molecular weight is 343 g/mol. The van der Waals surface area contributed by atoms with E-state index in [2.05, 4.69) is 29.7 Å². The molecular formula is C15H17N7OS. The molecule has 24 heavy (non-hydrogen) atoms. The Hall–Kier alpha value is -2.55. The van der Waals surface area contributed by atoms with Crippen LogP contribution in [-0.2, 0) is 0 Å². The summed E-state index contributed by atoms with van der Waals surface area (Å²) in [6.07, 6.45) is 7.26. The first-order valence-corrected chi connectivity index (χ1v) is 8.70. The summed E-state index contributed by atoms with van der Waals surface area (Å²) in [4.78, 5) is 27.4. The summed E-state index contributed by atoms with van der Waals surface area (Å²) in [7, 11) is 0. The van der Waals surface area contributed by atoms with Crippen molar-refractivity contribution in [3.05, 3.63) is 35.6 Å². The molecule has 124 valence electrons. The Bertz CT molecular complexity index is 838. The van der Waals surface area contributed by atoms with Crippen molar-refractivity contribution in [2.75, 3.05) is 13.1 Å². The number of hydrogen-bond donors (Lipinski definition) is 1. The number of imidazole rings is 1. The van der Waals surface area contributed by atoms with Crippen molar-refractivity contribution in [2.45, 2.75) is 25.8 Å². The molecule has 1 N–H and O–H groups in total. The number of likely N-dealkylation sites (tertiary alicyclic amines) is 1. The molecule has 3 aromatic heterocycles. The van der Waals surface area contributed by atoms with Gasteiger partial charge < -0.3 is 9.47 Å². The SMILES string of the molecule is Cc1nccn1C1CCCN(C(=O)c2csc(-c3ncn[nH]3)n2)C1. The minimum absolute atomic E-state index is 0.0283. The number of aromatic nitrogens is 6. The highest BCUT2D eigenvalue weighted by atomic mass is 32.1. The Morgan fingerprint density at radius 3 is 3.08 bits per heavy atom. The highest BCUT2D eigenvalue weighted by Crippen LogP contribution is 2.25. The van der Waals surface area contributed by atoms with Gasteiger partial charge in [-0.3, -0.25) is 9.89 Å². The monoisotopic (exact) mass is 343 g/mol. The maximum atomic E-state index is 12.8. The maximum absolute atomic E-state index is 12.8. The zero-order valence-electron chi connectivity index (χ0n) is 13.2. The molecule has 0 saturated carbocycles. The smallest absolute Gasteiger partial charge is 0.273 e. The minimum atomic E-state index is -0.0283. The fourth-order valence-corrected chi connectivity index (χ4v) is 3.83. The third-order valence-electron chi connectivity index (χ3n) is 4.28. The number of carbonyl (C=O) groups is 1. The molecule has 1 unspecified atom stereocenters. The summed E-state index contributed by atoms with van der Waals surface area (Å²) in [5.41, 5.74) is 0.467. The van der Waals surface area contributed by atoms with Crippen LogP contribution in [0.1, 0.15) is 35.2 Å². The van der Waals surface area contributed by atoms with Crippen molar-refractivity contribution in [2.24, 2.45) is 0 Å². The molecule has 8 nitrogen and oxygen atoms in total. The molecule has 0 radical (unpaired) electrons. The largest absolute Gasteiger partial charge is 0.335 e. The number of thiazole rings is 1. The first-order chi connectivity index (χ1) is 11.7. The number of aryl methyl sites for hydroxylation is 1. The highest BCUT2D eigenvalue weighted by molar-refractivity contribution is 7.13. The molecule has 1 aliphatic rings. The lowest BCUT2D eigenvalue weighted by Gasteiger charge is -2.33. The fourth-order valence-electron chi connectivity index (χ4n) is 3.09. The number of aromatic amines is 1. The van der Waals surface area contributed by atoms with E-state index in [0.717, 1.165) is 25.2 Å². The van der Waals surface area contributed by atoms with E-state index in [4.69, 9.17) is 0 Å². The first-order valence-electron chi connectivity index (χ1n) is 7.82. The van der Waals surface area contributed by atoms with Crippen molar-refractivity contribution in [3.63, 3.8) is 0 Å².